The zero-order valence-electron chi connectivity index (χ0n) is 22.7. The number of thiazole rings is 1. The van der Waals surface area contributed by atoms with Crippen LogP contribution in [0, 0.1) is 0 Å². The largest absolute Gasteiger partial charge is 0.356 e. The van der Waals surface area contributed by atoms with Gasteiger partial charge in [-0.25, -0.2) is 4.98 Å². The average Bonchev–Trinajstić information content (AvgIpc) is 3.72. The van der Waals surface area contributed by atoms with Crippen molar-refractivity contribution in [1.82, 2.24) is 29.6 Å². The molecule has 0 bridgehead atoms. The maximum Gasteiger partial charge on any atom is 0.258 e. The van der Waals surface area contributed by atoms with E-state index in [1.54, 1.807) is 18.5 Å². The maximum absolute atomic E-state index is 13.9. The van der Waals surface area contributed by atoms with Gasteiger partial charge >= 0.3 is 0 Å². The van der Waals surface area contributed by atoms with Gasteiger partial charge in [-0.2, -0.15) is 0 Å². The predicted molar refractivity (Wildman–Crippen MR) is 164 cm³/mol. The fraction of sp³-hybridized carbons (Fsp3) is 0.367. The minimum Gasteiger partial charge on any atom is -0.356 e. The Labute approximate surface area is 245 Å². The minimum absolute atomic E-state index is 0.160. The molecule has 0 radical (unpaired) electrons. The molecule has 0 spiro atoms. The van der Waals surface area contributed by atoms with Crippen LogP contribution in [0.2, 0.25) is 5.02 Å². The van der Waals surface area contributed by atoms with Gasteiger partial charge in [0, 0.05) is 55.2 Å². The predicted octanol–water partition coefficient (Wildman–Crippen LogP) is 4.71. The van der Waals surface area contributed by atoms with E-state index in [2.05, 4.69) is 32.1 Å². The molecule has 2 aliphatic rings. The standard InChI is InChI=1S/C30H30ClN7O2S/c1-36-13-2-3-20(36)8-10-34-29(40)26-27(39)21-5-7-25(37-14-9-18(17-37)22-16-32-11-12-33-22)35-28(21)38-23-15-19(31)4-6-24(23)41-30(26)38/h4-7,11-12,15-16,18,20H,2-3,8-10,13-14,17H2,1H3,(H,34,40). The number of likely N-dealkylation sites (tertiary alicyclic amines) is 1. The van der Waals surface area contributed by atoms with E-state index in [0.717, 1.165) is 60.6 Å². The molecule has 4 aromatic heterocycles. The number of carbonyl (C=O) groups excluding carboxylic acids is 1. The first-order chi connectivity index (χ1) is 20.0. The molecule has 210 valence electrons. The number of halogens is 1. The molecule has 2 unspecified atom stereocenters. The number of nitrogens with zero attached hydrogens (tertiary/aromatic N) is 6. The third-order valence-electron chi connectivity index (χ3n) is 8.50. The van der Waals surface area contributed by atoms with Gasteiger partial charge in [0.25, 0.3) is 5.91 Å². The molecule has 1 amide bonds. The fourth-order valence-electron chi connectivity index (χ4n) is 6.29. The van der Waals surface area contributed by atoms with E-state index in [9.17, 15) is 9.59 Å². The zero-order valence-corrected chi connectivity index (χ0v) is 24.3. The van der Waals surface area contributed by atoms with Crippen LogP contribution in [0.4, 0.5) is 5.82 Å². The number of pyridine rings is 2. The highest BCUT2D eigenvalue weighted by atomic mass is 35.5. The molecule has 2 atom stereocenters. The summed E-state index contributed by atoms with van der Waals surface area (Å²) >= 11 is 7.83. The van der Waals surface area contributed by atoms with Crippen molar-refractivity contribution < 1.29 is 4.79 Å². The molecule has 11 heteroatoms. The topological polar surface area (TPSA) is 95.7 Å². The zero-order chi connectivity index (χ0) is 28.1. The molecule has 1 aromatic carbocycles. The first kappa shape index (κ1) is 26.3. The minimum atomic E-state index is -0.344. The Balaban J connectivity index is 1.29. The number of benzene rings is 1. The van der Waals surface area contributed by atoms with Crippen LogP contribution in [-0.4, -0.2) is 69.4 Å². The second-order valence-electron chi connectivity index (χ2n) is 11.0. The van der Waals surface area contributed by atoms with Crippen LogP contribution in [0.1, 0.15) is 47.7 Å². The maximum atomic E-state index is 13.9. The Kier molecular flexibility index (Phi) is 6.84. The Morgan fingerprint density at radius 1 is 1.17 bits per heavy atom. The van der Waals surface area contributed by atoms with Crippen LogP contribution >= 0.6 is 22.9 Å². The number of nitrogens with one attached hydrogen (secondary N) is 1. The lowest BCUT2D eigenvalue weighted by atomic mass is 10.1. The summed E-state index contributed by atoms with van der Waals surface area (Å²) in [5.41, 5.74) is 2.19. The van der Waals surface area contributed by atoms with E-state index < -0.39 is 0 Å². The molecule has 0 aliphatic carbocycles. The van der Waals surface area contributed by atoms with E-state index in [-0.39, 0.29) is 22.8 Å². The molecule has 2 aliphatic heterocycles. The first-order valence-corrected chi connectivity index (χ1v) is 15.2. The van der Waals surface area contributed by atoms with Gasteiger partial charge in [-0.15, -0.1) is 11.3 Å². The SMILES string of the molecule is CN1CCCC1CCNC(=O)c1c(=O)c2ccc(N3CCC(c4cnccn4)C3)nc2n2c1sc1ccc(Cl)cc12. The van der Waals surface area contributed by atoms with Gasteiger partial charge in [-0.1, -0.05) is 11.6 Å². The average molecular weight is 588 g/mol. The van der Waals surface area contributed by atoms with Crippen molar-refractivity contribution in [3.63, 3.8) is 0 Å². The summed E-state index contributed by atoms with van der Waals surface area (Å²) in [7, 11) is 2.13. The van der Waals surface area contributed by atoms with Gasteiger partial charge in [-0.3, -0.25) is 24.0 Å². The molecule has 2 fully saturated rings. The highest BCUT2D eigenvalue weighted by Crippen LogP contribution is 2.34. The summed E-state index contributed by atoms with van der Waals surface area (Å²) in [6, 6.07) is 9.78. The number of anilines is 1. The number of hydrogen-bond donors (Lipinski definition) is 1. The monoisotopic (exact) mass is 587 g/mol. The van der Waals surface area contributed by atoms with Crippen molar-refractivity contribution >= 4 is 60.7 Å². The van der Waals surface area contributed by atoms with Crippen molar-refractivity contribution in [2.45, 2.75) is 37.6 Å². The number of carbonyl (C=O) groups is 1. The second kappa shape index (κ2) is 10.7. The van der Waals surface area contributed by atoms with Gasteiger partial charge in [0.15, 0.2) is 5.65 Å². The molecule has 6 heterocycles. The summed E-state index contributed by atoms with van der Waals surface area (Å²) in [5.74, 6) is 0.708. The Hall–Kier alpha value is -3.60. The number of hydrogen-bond acceptors (Lipinski definition) is 8. The van der Waals surface area contributed by atoms with Gasteiger partial charge in [0.05, 0.1) is 21.3 Å². The number of amides is 1. The van der Waals surface area contributed by atoms with Gasteiger partial charge in [-0.05, 0) is 69.6 Å². The Bertz CT molecular complexity index is 1840. The third-order valence-corrected chi connectivity index (χ3v) is 9.89. The smallest absolute Gasteiger partial charge is 0.258 e. The molecule has 2 saturated heterocycles. The summed E-state index contributed by atoms with van der Waals surface area (Å²) in [4.78, 5) is 46.4. The summed E-state index contributed by atoms with van der Waals surface area (Å²) in [6.45, 7) is 3.20. The van der Waals surface area contributed by atoms with E-state index in [0.29, 0.717) is 33.5 Å². The van der Waals surface area contributed by atoms with Crippen molar-refractivity contribution in [1.29, 1.82) is 0 Å². The third kappa shape index (κ3) is 4.73. The normalized spacial score (nSPS) is 19.6. The van der Waals surface area contributed by atoms with Gasteiger partial charge in [0.1, 0.15) is 16.2 Å². The van der Waals surface area contributed by atoms with E-state index in [1.165, 1.54) is 17.8 Å². The quantitative estimate of drug-likeness (QED) is 0.307. The second-order valence-corrected chi connectivity index (χ2v) is 12.4. The van der Waals surface area contributed by atoms with E-state index in [4.69, 9.17) is 16.6 Å². The highest BCUT2D eigenvalue weighted by molar-refractivity contribution is 7.24. The van der Waals surface area contributed by atoms with Crippen LogP contribution in [0.15, 0.2) is 53.7 Å². The molecule has 1 N–H and O–H groups in total. The molecule has 0 saturated carbocycles. The fourth-order valence-corrected chi connectivity index (χ4v) is 7.62. The summed E-state index contributed by atoms with van der Waals surface area (Å²) < 4.78 is 2.86. The molecule has 5 aromatic rings. The van der Waals surface area contributed by atoms with Gasteiger partial charge in [0.2, 0.25) is 5.43 Å². The molecule has 41 heavy (non-hydrogen) atoms. The Morgan fingerprint density at radius 3 is 2.88 bits per heavy atom. The molecular weight excluding hydrogens is 558 g/mol. The summed E-state index contributed by atoms with van der Waals surface area (Å²) in [6.07, 6.45) is 9.36. The van der Waals surface area contributed by atoms with E-state index >= 15 is 0 Å². The van der Waals surface area contributed by atoms with Crippen molar-refractivity contribution in [3.05, 3.63) is 75.4 Å². The van der Waals surface area contributed by atoms with Gasteiger partial charge < -0.3 is 15.1 Å². The Morgan fingerprint density at radius 2 is 2.07 bits per heavy atom. The lowest BCUT2D eigenvalue weighted by Crippen LogP contribution is -2.34. The first-order valence-electron chi connectivity index (χ1n) is 14.0. The highest BCUT2D eigenvalue weighted by Gasteiger charge is 2.28. The van der Waals surface area contributed by atoms with Crippen molar-refractivity contribution in [2.24, 2.45) is 0 Å². The number of rotatable bonds is 6. The molecule has 9 nitrogen and oxygen atoms in total. The van der Waals surface area contributed by atoms with Crippen LogP contribution in [0.5, 0.6) is 0 Å². The van der Waals surface area contributed by atoms with Crippen LogP contribution in [0.25, 0.3) is 26.1 Å². The lowest BCUT2D eigenvalue weighted by molar-refractivity contribution is 0.0951. The van der Waals surface area contributed by atoms with Crippen molar-refractivity contribution in [3.8, 4) is 0 Å². The van der Waals surface area contributed by atoms with Crippen molar-refractivity contribution in [2.75, 3.05) is 38.1 Å². The van der Waals surface area contributed by atoms with Crippen LogP contribution in [0.3, 0.4) is 0 Å². The summed E-state index contributed by atoms with van der Waals surface area (Å²) in [5, 5.41) is 4.03. The number of aromatic nitrogens is 4. The lowest BCUT2D eigenvalue weighted by Gasteiger charge is -2.19. The number of fused-ring (bicyclic) bond motifs is 5. The van der Waals surface area contributed by atoms with Crippen LogP contribution in [-0.2, 0) is 0 Å². The molecule has 7 rings (SSSR count). The van der Waals surface area contributed by atoms with E-state index in [1.807, 2.05) is 34.9 Å². The van der Waals surface area contributed by atoms with Crippen LogP contribution < -0.4 is 15.6 Å². The molecular formula is C30H30ClN7O2S.